The zero-order chi connectivity index (χ0) is 15.1. The van der Waals surface area contributed by atoms with Crippen LogP contribution in [0, 0.1) is 0 Å². The minimum Gasteiger partial charge on any atom is -0.454 e. The van der Waals surface area contributed by atoms with Crippen LogP contribution in [0.2, 0.25) is 0 Å². The van der Waals surface area contributed by atoms with Gasteiger partial charge in [0.15, 0.2) is 17.3 Å². The van der Waals surface area contributed by atoms with E-state index in [1.807, 2.05) is 34.9 Å². The van der Waals surface area contributed by atoms with Crippen molar-refractivity contribution in [2.45, 2.75) is 19.8 Å². The maximum absolute atomic E-state index is 5.38. The van der Waals surface area contributed by atoms with E-state index in [4.69, 9.17) is 9.47 Å². The summed E-state index contributed by atoms with van der Waals surface area (Å²) in [6, 6.07) is 5.86. The molecule has 7 heteroatoms. The lowest BCUT2D eigenvalue weighted by Gasteiger charge is -1.97. The van der Waals surface area contributed by atoms with E-state index >= 15 is 0 Å². The molecule has 4 rings (SSSR count). The van der Waals surface area contributed by atoms with Gasteiger partial charge < -0.3 is 9.47 Å². The summed E-state index contributed by atoms with van der Waals surface area (Å²) in [5, 5.41) is 13.8. The monoisotopic (exact) mass is 314 g/mol. The van der Waals surface area contributed by atoms with E-state index in [-0.39, 0.29) is 6.79 Å². The van der Waals surface area contributed by atoms with Crippen LogP contribution in [0.5, 0.6) is 11.5 Å². The van der Waals surface area contributed by atoms with Crippen molar-refractivity contribution < 1.29 is 9.47 Å². The van der Waals surface area contributed by atoms with E-state index in [0.717, 1.165) is 32.9 Å². The predicted octanol–water partition coefficient (Wildman–Crippen LogP) is 3.21. The van der Waals surface area contributed by atoms with Crippen LogP contribution < -0.4 is 9.47 Å². The average molecular weight is 314 g/mol. The second kappa shape index (κ2) is 5.10. The Labute approximate surface area is 131 Å². The van der Waals surface area contributed by atoms with E-state index in [1.54, 1.807) is 0 Å². The molecule has 6 nitrogen and oxygen atoms in total. The number of rotatable bonds is 3. The Morgan fingerprint density at radius 2 is 2.05 bits per heavy atom. The molecule has 22 heavy (non-hydrogen) atoms. The van der Waals surface area contributed by atoms with E-state index in [2.05, 4.69) is 29.1 Å². The molecule has 1 aliphatic heterocycles. The molecular formula is C15H14N4O2S. The number of fused-ring (bicyclic) bond motifs is 2. The molecule has 3 heterocycles. The average Bonchev–Trinajstić information content (AvgIpc) is 3.18. The van der Waals surface area contributed by atoms with E-state index < -0.39 is 0 Å². The Morgan fingerprint density at radius 1 is 1.18 bits per heavy atom. The van der Waals surface area contributed by atoms with Crippen molar-refractivity contribution in [3.05, 3.63) is 34.6 Å². The molecule has 2 aromatic heterocycles. The summed E-state index contributed by atoms with van der Waals surface area (Å²) in [5.74, 6) is 2.75. The highest BCUT2D eigenvalue weighted by Gasteiger charge is 2.14. The number of nitrogens with zero attached hydrogens (tertiary/aromatic N) is 4. The molecule has 0 spiro atoms. The van der Waals surface area contributed by atoms with Crippen molar-refractivity contribution in [1.82, 2.24) is 19.8 Å². The molecule has 112 valence electrons. The maximum atomic E-state index is 5.38. The smallest absolute Gasteiger partial charge is 0.234 e. The van der Waals surface area contributed by atoms with Crippen molar-refractivity contribution >= 4 is 28.4 Å². The molecule has 0 unspecified atom stereocenters. The summed E-state index contributed by atoms with van der Waals surface area (Å²) >= 11 is 1.52. The number of hydrogen-bond acceptors (Lipinski definition) is 6. The van der Waals surface area contributed by atoms with E-state index in [0.29, 0.717) is 5.92 Å². The molecule has 0 atom stereocenters. The van der Waals surface area contributed by atoms with Gasteiger partial charge in [-0.3, -0.25) is 0 Å². The van der Waals surface area contributed by atoms with Crippen molar-refractivity contribution in [1.29, 1.82) is 0 Å². The first-order valence-electron chi connectivity index (χ1n) is 7.00. The lowest BCUT2D eigenvalue weighted by molar-refractivity contribution is 0.174. The zero-order valence-electron chi connectivity index (χ0n) is 12.2. The van der Waals surface area contributed by atoms with Crippen molar-refractivity contribution in [2.24, 2.45) is 0 Å². The van der Waals surface area contributed by atoms with E-state index in [1.165, 1.54) is 11.3 Å². The standard InChI is InChI=1S/C15H14N4O2S/c1-9(2)14-16-17-15-19(14)18-13(22-15)6-4-10-3-5-11-12(7-10)21-8-20-11/h3-7,9H,8H2,1-2H3/b6-4+. The van der Waals surface area contributed by atoms with Gasteiger partial charge in [0, 0.05) is 5.92 Å². The second-order valence-electron chi connectivity index (χ2n) is 5.29. The lowest BCUT2D eigenvalue weighted by atomic mass is 10.2. The van der Waals surface area contributed by atoms with Crippen LogP contribution in [-0.2, 0) is 0 Å². The summed E-state index contributed by atoms with van der Waals surface area (Å²) in [5.41, 5.74) is 1.04. The third-order valence-electron chi connectivity index (χ3n) is 3.36. The van der Waals surface area contributed by atoms with Crippen molar-refractivity contribution in [3.8, 4) is 11.5 Å². The molecule has 1 aromatic carbocycles. The lowest BCUT2D eigenvalue weighted by Crippen LogP contribution is -1.97. The second-order valence-corrected chi connectivity index (χ2v) is 6.28. The molecule has 0 aliphatic carbocycles. The van der Waals surface area contributed by atoms with Gasteiger partial charge in [0.1, 0.15) is 5.01 Å². The minimum atomic E-state index is 0.289. The summed E-state index contributed by atoms with van der Waals surface area (Å²) in [6.07, 6.45) is 3.98. The summed E-state index contributed by atoms with van der Waals surface area (Å²) in [4.78, 5) is 0.814. The molecule has 0 amide bonds. The first-order valence-corrected chi connectivity index (χ1v) is 7.82. The highest BCUT2D eigenvalue weighted by molar-refractivity contribution is 7.17. The Hall–Kier alpha value is -2.41. The van der Waals surface area contributed by atoms with Crippen LogP contribution >= 0.6 is 11.3 Å². The van der Waals surface area contributed by atoms with Gasteiger partial charge in [-0.1, -0.05) is 37.3 Å². The molecule has 0 fully saturated rings. The molecule has 0 radical (unpaired) electrons. The van der Waals surface area contributed by atoms with Gasteiger partial charge in [-0.05, 0) is 23.8 Å². The van der Waals surface area contributed by atoms with Crippen LogP contribution in [0.15, 0.2) is 18.2 Å². The van der Waals surface area contributed by atoms with Gasteiger partial charge in [0.2, 0.25) is 11.8 Å². The molecule has 3 aromatic rings. The van der Waals surface area contributed by atoms with Gasteiger partial charge in [0.05, 0.1) is 0 Å². The Kier molecular flexibility index (Phi) is 3.07. The molecule has 0 saturated heterocycles. The fraction of sp³-hybridized carbons (Fsp3) is 0.267. The summed E-state index contributed by atoms with van der Waals surface area (Å²) < 4.78 is 12.5. The minimum absolute atomic E-state index is 0.289. The molecule has 0 bridgehead atoms. The summed E-state index contributed by atoms with van der Waals surface area (Å²) in [7, 11) is 0. The van der Waals surface area contributed by atoms with Gasteiger partial charge in [0.25, 0.3) is 0 Å². The third-order valence-corrected chi connectivity index (χ3v) is 4.23. The van der Waals surface area contributed by atoms with Gasteiger partial charge >= 0.3 is 0 Å². The Morgan fingerprint density at radius 3 is 2.91 bits per heavy atom. The zero-order valence-corrected chi connectivity index (χ0v) is 13.0. The largest absolute Gasteiger partial charge is 0.454 e. The number of hydrogen-bond donors (Lipinski definition) is 0. The Bertz CT molecular complexity index is 866. The Balaban J connectivity index is 1.62. The van der Waals surface area contributed by atoms with Gasteiger partial charge in [-0.15, -0.1) is 10.2 Å². The maximum Gasteiger partial charge on any atom is 0.234 e. The fourth-order valence-electron chi connectivity index (χ4n) is 2.26. The fourth-order valence-corrected chi connectivity index (χ4v) is 3.01. The molecular weight excluding hydrogens is 300 g/mol. The van der Waals surface area contributed by atoms with Gasteiger partial charge in [-0.2, -0.15) is 9.61 Å². The highest BCUT2D eigenvalue weighted by Crippen LogP contribution is 2.33. The van der Waals surface area contributed by atoms with Crippen LogP contribution in [0.3, 0.4) is 0 Å². The van der Waals surface area contributed by atoms with Crippen LogP contribution in [0.4, 0.5) is 0 Å². The third kappa shape index (κ3) is 2.23. The van der Waals surface area contributed by atoms with Crippen LogP contribution in [-0.4, -0.2) is 26.6 Å². The van der Waals surface area contributed by atoms with Crippen LogP contribution in [0.25, 0.3) is 17.1 Å². The quantitative estimate of drug-likeness (QED) is 0.743. The van der Waals surface area contributed by atoms with Crippen molar-refractivity contribution in [3.63, 3.8) is 0 Å². The first-order chi connectivity index (χ1) is 10.7. The van der Waals surface area contributed by atoms with Crippen molar-refractivity contribution in [2.75, 3.05) is 6.79 Å². The topological polar surface area (TPSA) is 61.5 Å². The number of aromatic nitrogens is 4. The molecule has 0 N–H and O–H groups in total. The van der Waals surface area contributed by atoms with Crippen LogP contribution in [0.1, 0.15) is 36.2 Å². The highest BCUT2D eigenvalue weighted by atomic mass is 32.1. The predicted molar refractivity (Wildman–Crippen MR) is 84.2 cm³/mol. The first kappa shape index (κ1) is 13.3. The molecule has 1 aliphatic rings. The molecule has 0 saturated carbocycles. The van der Waals surface area contributed by atoms with E-state index in [9.17, 15) is 0 Å². The summed E-state index contributed by atoms with van der Waals surface area (Å²) in [6.45, 7) is 4.45. The number of ether oxygens (including phenoxy) is 2. The van der Waals surface area contributed by atoms with Gasteiger partial charge in [-0.25, -0.2) is 0 Å². The SMILES string of the molecule is CC(C)c1nnc2sc(/C=C/c3ccc4c(c3)OCO4)nn12. The normalized spacial score (nSPS) is 13.8. The number of benzene rings is 1.